The highest BCUT2D eigenvalue weighted by molar-refractivity contribution is 6.09. The first-order valence-electron chi connectivity index (χ1n) is 8.15. The fraction of sp³-hybridized carbons (Fsp3) is 0.353. The molecule has 2 aliphatic heterocycles. The number of nitrogens with zero attached hydrogens (tertiary/aromatic N) is 2. The monoisotopic (exact) mass is 324 g/mol. The number of imide groups is 1. The van der Waals surface area contributed by atoms with Crippen molar-refractivity contribution in [2.45, 2.75) is 24.8 Å². The molecule has 24 heavy (non-hydrogen) atoms. The second kappa shape index (κ2) is 4.91. The van der Waals surface area contributed by atoms with Gasteiger partial charge < -0.3 is 14.4 Å². The topological polar surface area (TPSA) is 89.2 Å². The van der Waals surface area contributed by atoms with E-state index in [0.717, 1.165) is 29.4 Å². The Morgan fingerprint density at radius 2 is 2.08 bits per heavy atom. The number of benzene rings is 1. The van der Waals surface area contributed by atoms with Gasteiger partial charge in [-0.1, -0.05) is 5.16 Å². The van der Waals surface area contributed by atoms with E-state index in [-0.39, 0.29) is 11.8 Å². The van der Waals surface area contributed by atoms with Crippen molar-refractivity contribution in [1.29, 1.82) is 0 Å². The zero-order valence-electron chi connectivity index (χ0n) is 12.9. The minimum absolute atomic E-state index is 0.224. The van der Waals surface area contributed by atoms with Crippen LogP contribution in [0, 0.1) is 0 Å². The number of piperidine rings is 1. The summed E-state index contributed by atoms with van der Waals surface area (Å²) in [6.07, 6.45) is 2.88. The standard InChI is InChI=1S/C17H16N4O3/c22-14-4-1-11(17(23)19-14)16-15-10-5-6-21(9-7-18-8-9)12(10)2-3-13(15)24-20-16/h2-3,5-6,9,11,18H,1,4,7-8H2,(H,19,22,23). The van der Waals surface area contributed by atoms with Crippen LogP contribution in [0.5, 0.6) is 0 Å². The van der Waals surface area contributed by atoms with Crippen LogP contribution < -0.4 is 10.6 Å². The van der Waals surface area contributed by atoms with E-state index < -0.39 is 5.92 Å². The van der Waals surface area contributed by atoms with Crippen molar-refractivity contribution in [2.75, 3.05) is 13.1 Å². The maximum atomic E-state index is 12.2. The van der Waals surface area contributed by atoms with Gasteiger partial charge in [0, 0.05) is 36.6 Å². The molecule has 122 valence electrons. The Labute approximate surface area is 137 Å². The highest BCUT2D eigenvalue weighted by Gasteiger charge is 2.33. The van der Waals surface area contributed by atoms with Crippen molar-refractivity contribution >= 4 is 33.7 Å². The second-order valence-corrected chi connectivity index (χ2v) is 6.48. The fourth-order valence-corrected chi connectivity index (χ4v) is 3.68. The molecular weight excluding hydrogens is 308 g/mol. The zero-order chi connectivity index (χ0) is 16.3. The first-order chi connectivity index (χ1) is 11.7. The number of nitrogens with one attached hydrogen (secondary N) is 2. The number of hydrogen-bond donors (Lipinski definition) is 2. The van der Waals surface area contributed by atoms with Gasteiger partial charge in [-0.3, -0.25) is 14.9 Å². The molecule has 7 heteroatoms. The summed E-state index contributed by atoms with van der Waals surface area (Å²) in [5.41, 5.74) is 2.42. The van der Waals surface area contributed by atoms with Crippen molar-refractivity contribution in [3.05, 3.63) is 30.1 Å². The molecule has 2 amide bonds. The van der Waals surface area contributed by atoms with E-state index in [0.29, 0.717) is 30.2 Å². The molecule has 0 radical (unpaired) electrons. The van der Waals surface area contributed by atoms with E-state index in [1.165, 1.54) is 0 Å². The van der Waals surface area contributed by atoms with E-state index in [4.69, 9.17) is 4.52 Å². The molecule has 1 unspecified atom stereocenters. The number of rotatable bonds is 2. The van der Waals surface area contributed by atoms with E-state index in [2.05, 4.69) is 32.6 Å². The van der Waals surface area contributed by atoms with Gasteiger partial charge in [-0.2, -0.15) is 0 Å². The Bertz CT molecular complexity index is 982. The largest absolute Gasteiger partial charge is 0.356 e. The van der Waals surface area contributed by atoms with Gasteiger partial charge in [0.2, 0.25) is 11.8 Å². The van der Waals surface area contributed by atoms with E-state index in [9.17, 15) is 9.59 Å². The summed E-state index contributed by atoms with van der Waals surface area (Å²) in [6.45, 7) is 1.93. The van der Waals surface area contributed by atoms with Crippen molar-refractivity contribution in [1.82, 2.24) is 20.4 Å². The smallest absolute Gasteiger partial charge is 0.235 e. The molecule has 0 aliphatic carbocycles. The lowest BCUT2D eigenvalue weighted by Crippen LogP contribution is -2.43. The Balaban J connectivity index is 1.68. The number of carbonyl (C=O) groups excluding carboxylic acids is 2. The SMILES string of the molecule is O=C1CCC(c2noc3ccc4c(ccn4C4CNC4)c23)C(=O)N1. The quantitative estimate of drug-likeness (QED) is 0.697. The van der Waals surface area contributed by atoms with Gasteiger partial charge in [0.05, 0.1) is 17.3 Å². The van der Waals surface area contributed by atoms with Crippen molar-refractivity contribution in [3.8, 4) is 0 Å². The lowest BCUT2D eigenvalue weighted by atomic mass is 9.92. The highest BCUT2D eigenvalue weighted by atomic mass is 16.5. The third-order valence-corrected chi connectivity index (χ3v) is 5.09. The summed E-state index contributed by atoms with van der Waals surface area (Å²) in [4.78, 5) is 23.6. The van der Waals surface area contributed by atoms with Gasteiger partial charge in [-0.15, -0.1) is 0 Å². The van der Waals surface area contributed by atoms with Crippen LogP contribution in [-0.4, -0.2) is 34.6 Å². The number of carbonyl (C=O) groups is 2. The zero-order valence-corrected chi connectivity index (χ0v) is 12.9. The summed E-state index contributed by atoms with van der Waals surface area (Å²) in [5, 5.41) is 11.8. The summed E-state index contributed by atoms with van der Waals surface area (Å²) in [5.74, 6) is -0.956. The number of amides is 2. The Hall–Kier alpha value is -2.67. The van der Waals surface area contributed by atoms with Gasteiger partial charge >= 0.3 is 0 Å². The van der Waals surface area contributed by atoms with Crippen molar-refractivity contribution < 1.29 is 14.1 Å². The van der Waals surface area contributed by atoms with Crippen LogP contribution in [0.2, 0.25) is 0 Å². The van der Waals surface area contributed by atoms with E-state index in [1.54, 1.807) is 0 Å². The summed E-state index contributed by atoms with van der Waals surface area (Å²) >= 11 is 0. The predicted molar refractivity (Wildman–Crippen MR) is 86.5 cm³/mol. The average Bonchev–Trinajstić information content (AvgIpc) is 3.10. The fourth-order valence-electron chi connectivity index (χ4n) is 3.68. The number of hydrogen-bond acceptors (Lipinski definition) is 5. The molecular formula is C17H16N4O3. The molecule has 2 aromatic heterocycles. The molecule has 4 heterocycles. The molecule has 2 aliphatic rings. The van der Waals surface area contributed by atoms with Crippen molar-refractivity contribution in [3.63, 3.8) is 0 Å². The molecule has 2 saturated heterocycles. The molecule has 7 nitrogen and oxygen atoms in total. The molecule has 5 rings (SSSR count). The lowest BCUT2D eigenvalue weighted by Gasteiger charge is -2.29. The van der Waals surface area contributed by atoms with Gasteiger partial charge in [-0.25, -0.2) is 0 Å². The summed E-state index contributed by atoms with van der Waals surface area (Å²) < 4.78 is 7.72. The number of aromatic nitrogens is 2. The lowest BCUT2D eigenvalue weighted by molar-refractivity contribution is -0.134. The van der Waals surface area contributed by atoms with Crippen LogP contribution >= 0.6 is 0 Å². The van der Waals surface area contributed by atoms with Gasteiger partial charge in [-0.05, 0) is 24.6 Å². The van der Waals surface area contributed by atoms with Crippen LogP contribution in [0.4, 0.5) is 0 Å². The van der Waals surface area contributed by atoms with E-state index in [1.807, 2.05) is 12.1 Å². The second-order valence-electron chi connectivity index (χ2n) is 6.48. The normalized spacial score (nSPS) is 22.1. The molecule has 0 spiro atoms. The maximum absolute atomic E-state index is 12.2. The molecule has 2 fully saturated rings. The first kappa shape index (κ1) is 13.7. The minimum Gasteiger partial charge on any atom is -0.356 e. The van der Waals surface area contributed by atoms with Gasteiger partial charge in [0.1, 0.15) is 5.69 Å². The van der Waals surface area contributed by atoms with E-state index >= 15 is 0 Å². The van der Waals surface area contributed by atoms with Crippen LogP contribution in [0.1, 0.15) is 30.5 Å². The van der Waals surface area contributed by atoms with Gasteiger partial charge in [0.15, 0.2) is 5.58 Å². The summed E-state index contributed by atoms with van der Waals surface area (Å²) in [6, 6.07) is 6.46. The Kier molecular flexibility index (Phi) is 2.81. The molecule has 1 aromatic carbocycles. The molecule has 2 N–H and O–H groups in total. The third kappa shape index (κ3) is 1.85. The van der Waals surface area contributed by atoms with Crippen LogP contribution in [0.25, 0.3) is 21.9 Å². The highest BCUT2D eigenvalue weighted by Crippen LogP contribution is 2.36. The minimum atomic E-state index is -0.441. The average molecular weight is 324 g/mol. The van der Waals surface area contributed by atoms with Crippen molar-refractivity contribution in [2.24, 2.45) is 0 Å². The Morgan fingerprint density at radius 3 is 2.83 bits per heavy atom. The molecule has 0 saturated carbocycles. The predicted octanol–water partition coefficient (Wildman–Crippen LogP) is 1.45. The molecule has 3 aromatic rings. The molecule has 0 bridgehead atoms. The Morgan fingerprint density at radius 1 is 1.21 bits per heavy atom. The third-order valence-electron chi connectivity index (χ3n) is 5.09. The molecule has 1 atom stereocenters. The number of fused-ring (bicyclic) bond motifs is 3. The first-order valence-corrected chi connectivity index (χ1v) is 8.15. The summed E-state index contributed by atoms with van der Waals surface area (Å²) in [7, 11) is 0. The van der Waals surface area contributed by atoms with Gasteiger partial charge in [0.25, 0.3) is 0 Å². The van der Waals surface area contributed by atoms with Crippen LogP contribution in [0.3, 0.4) is 0 Å². The maximum Gasteiger partial charge on any atom is 0.235 e. The van der Waals surface area contributed by atoms with Crippen LogP contribution in [-0.2, 0) is 9.59 Å². The van der Waals surface area contributed by atoms with Crippen LogP contribution in [0.15, 0.2) is 28.9 Å².